The second kappa shape index (κ2) is 8.91. The first-order valence-corrected chi connectivity index (χ1v) is 10.1. The molecule has 164 valence electrons. The molecule has 0 aliphatic carbocycles. The summed E-state index contributed by atoms with van der Waals surface area (Å²) < 4.78 is 1.97. The summed E-state index contributed by atoms with van der Waals surface area (Å²) >= 11 is 0. The molecule has 0 saturated carbocycles. The van der Waals surface area contributed by atoms with Crippen molar-refractivity contribution in [2.45, 2.75) is 19.6 Å². The van der Waals surface area contributed by atoms with E-state index in [1.807, 2.05) is 42.9 Å². The molecule has 4 aromatic rings. The number of rotatable bonds is 6. The van der Waals surface area contributed by atoms with Gasteiger partial charge in [0, 0.05) is 26.0 Å². The maximum atomic E-state index is 9.42. The van der Waals surface area contributed by atoms with E-state index in [1.165, 1.54) is 0 Å². The molecule has 0 saturated heterocycles. The lowest BCUT2D eigenvalue weighted by Crippen LogP contribution is -2.40. The number of aliphatic hydroxyl groups excluding tert-OH is 1. The van der Waals surface area contributed by atoms with Gasteiger partial charge >= 0.3 is 0 Å². The Hall–Kier alpha value is -4.17. The average molecular weight is 432 g/mol. The average Bonchev–Trinajstić information content (AvgIpc) is 3.38. The topological polar surface area (TPSA) is 152 Å². The summed E-state index contributed by atoms with van der Waals surface area (Å²) in [6.45, 7) is 2.28. The molecule has 0 aromatic carbocycles. The highest BCUT2D eigenvalue weighted by atomic mass is 16.3. The molecule has 32 heavy (non-hydrogen) atoms. The number of aliphatic hydroxyl groups is 1. The molecule has 0 amide bonds. The largest absolute Gasteiger partial charge is 0.392 e. The Kier molecular flexibility index (Phi) is 5.87. The zero-order chi connectivity index (χ0) is 22.7. The molecule has 0 radical (unpaired) electrons. The number of nitrogens with one attached hydrogen (secondary N) is 4. The number of nitrogens with zero attached hydrogens (tertiary/aromatic N) is 6. The van der Waals surface area contributed by atoms with Crippen molar-refractivity contribution < 1.29 is 5.11 Å². The maximum Gasteiger partial charge on any atom is 0.209 e. The first-order valence-electron chi connectivity index (χ1n) is 10.1. The lowest BCUT2D eigenvalue weighted by molar-refractivity contribution is 0.197. The highest BCUT2D eigenvalue weighted by Crippen LogP contribution is 2.31. The minimum absolute atomic E-state index is 0.278. The molecule has 0 aliphatic rings. The van der Waals surface area contributed by atoms with Gasteiger partial charge in [0.25, 0.3) is 0 Å². The number of fused-ring (bicyclic) bond motifs is 3. The van der Waals surface area contributed by atoms with Crippen LogP contribution in [0.1, 0.15) is 12.6 Å². The fourth-order valence-corrected chi connectivity index (χ4v) is 3.45. The normalized spacial score (nSPS) is 12.7. The van der Waals surface area contributed by atoms with E-state index >= 15 is 0 Å². The first-order chi connectivity index (χ1) is 15.5. The van der Waals surface area contributed by atoms with Gasteiger partial charge in [-0.3, -0.25) is 0 Å². The van der Waals surface area contributed by atoms with Gasteiger partial charge in [-0.25, -0.2) is 15.0 Å². The highest BCUT2D eigenvalue weighted by molar-refractivity contribution is 6.07. The van der Waals surface area contributed by atoms with Crippen molar-refractivity contribution in [1.29, 1.82) is 5.26 Å². The molecule has 1 unspecified atom stereocenters. The van der Waals surface area contributed by atoms with E-state index in [2.05, 4.69) is 35.9 Å². The van der Waals surface area contributed by atoms with E-state index in [4.69, 9.17) is 10.2 Å². The van der Waals surface area contributed by atoms with Crippen LogP contribution in [0.5, 0.6) is 0 Å². The smallest absolute Gasteiger partial charge is 0.209 e. The van der Waals surface area contributed by atoms with E-state index < -0.39 is 6.10 Å². The number of imidazole rings is 1. The number of hydrogen-bond donors (Lipinski definition) is 5. The van der Waals surface area contributed by atoms with E-state index in [9.17, 15) is 5.11 Å². The number of aromatic nitrogens is 5. The first kappa shape index (κ1) is 21.1. The van der Waals surface area contributed by atoms with Crippen molar-refractivity contribution in [3.8, 4) is 17.6 Å². The van der Waals surface area contributed by atoms with Gasteiger partial charge in [0.05, 0.1) is 41.6 Å². The molecule has 4 heterocycles. The zero-order valence-corrected chi connectivity index (χ0v) is 18.0. The summed E-state index contributed by atoms with van der Waals surface area (Å²) in [5.41, 5.74) is 4.91. The van der Waals surface area contributed by atoms with Crippen molar-refractivity contribution in [2.75, 3.05) is 18.9 Å². The highest BCUT2D eigenvalue weighted by Gasteiger charge is 2.15. The minimum Gasteiger partial charge on any atom is -0.392 e. The third kappa shape index (κ3) is 4.17. The Morgan fingerprint density at radius 3 is 2.94 bits per heavy atom. The van der Waals surface area contributed by atoms with Gasteiger partial charge in [-0.2, -0.15) is 5.26 Å². The number of guanidine groups is 1. The number of pyridine rings is 2. The lowest BCUT2D eigenvalue weighted by atomic mass is 10.2. The van der Waals surface area contributed by atoms with Gasteiger partial charge in [-0.1, -0.05) is 6.07 Å². The monoisotopic (exact) mass is 432 g/mol. The Bertz CT molecular complexity index is 1330. The molecule has 11 heteroatoms. The number of aromatic amines is 1. The van der Waals surface area contributed by atoms with Gasteiger partial charge < -0.3 is 30.6 Å². The number of H-pyrrole nitrogens is 1. The van der Waals surface area contributed by atoms with Crippen LogP contribution in [0.3, 0.4) is 0 Å². The predicted molar refractivity (Wildman–Crippen MR) is 123 cm³/mol. The molecule has 4 aromatic heterocycles. The van der Waals surface area contributed by atoms with Crippen molar-refractivity contribution in [1.82, 2.24) is 35.1 Å². The van der Waals surface area contributed by atoms with Gasteiger partial charge in [-0.15, -0.1) is 4.99 Å². The van der Waals surface area contributed by atoms with Crippen LogP contribution in [0.2, 0.25) is 0 Å². The fourth-order valence-electron chi connectivity index (χ4n) is 3.45. The van der Waals surface area contributed by atoms with Crippen molar-refractivity contribution in [2.24, 2.45) is 12.0 Å². The van der Waals surface area contributed by atoms with E-state index in [0.717, 1.165) is 39.1 Å². The van der Waals surface area contributed by atoms with Crippen LogP contribution in [-0.4, -0.2) is 55.3 Å². The quantitative estimate of drug-likeness (QED) is 0.174. The van der Waals surface area contributed by atoms with Gasteiger partial charge in [0.15, 0.2) is 5.82 Å². The second-order valence-electron chi connectivity index (χ2n) is 7.37. The van der Waals surface area contributed by atoms with Crippen LogP contribution in [0.15, 0.2) is 35.6 Å². The Labute approximate surface area is 184 Å². The summed E-state index contributed by atoms with van der Waals surface area (Å²) in [6, 6.07) is 7.75. The number of aryl methyl sites for hydroxylation is 1. The maximum absolute atomic E-state index is 9.42. The van der Waals surface area contributed by atoms with Crippen LogP contribution in [-0.2, 0) is 13.6 Å². The van der Waals surface area contributed by atoms with Gasteiger partial charge in [0.1, 0.15) is 11.2 Å². The van der Waals surface area contributed by atoms with Crippen molar-refractivity contribution >= 4 is 33.8 Å². The van der Waals surface area contributed by atoms with Crippen LogP contribution < -0.4 is 16.0 Å². The van der Waals surface area contributed by atoms with Gasteiger partial charge in [0.2, 0.25) is 12.2 Å². The molecule has 0 bridgehead atoms. The fraction of sp³-hybridized carbons (Fsp3) is 0.286. The van der Waals surface area contributed by atoms with Crippen molar-refractivity contribution in [3.63, 3.8) is 0 Å². The van der Waals surface area contributed by atoms with Crippen LogP contribution >= 0.6 is 0 Å². The third-order valence-corrected chi connectivity index (χ3v) is 4.92. The minimum atomic E-state index is -0.563. The van der Waals surface area contributed by atoms with Crippen LogP contribution in [0, 0.1) is 11.5 Å². The molecule has 0 fully saturated rings. The number of nitriles is 1. The SMILES string of the molecule is CNc1nc2[nH]c(-c3cccc(CN/C(=N\C#N)NCC(C)O)n3)cc2c2c1ncn2C. The summed E-state index contributed by atoms with van der Waals surface area (Å²) in [4.78, 5) is 20.9. The number of aliphatic imine (C=N–C) groups is 1. The van der Waals surface area contributed by atoms with Crippen LogP contribution in [0.25, 0.3) is 33.5 Å². The number of anilines is 1. The van der Waals surface area contributed by atoms with Crippen LogP contribution in [0.4, 0.5) is 5.82 Å². The molecular formula is C21H24N10O. The molecular weight excluding hydrogens is 408 g/mol. The predicted octanol–water partition coefficient (Wildman–Crippen LogP) is 1.45. The summed E-state index contributed by atoms with van der Waals surface area (Å²) in [7, 11) is 3.78. The second-order valence-corrected chi connectivity index (χ2v) is 7.37. The third-order valence-electron chi connectivity index (χ3n) is 4.92. The zero-order valence-electron chi connectivity index (χ0n) is 18.0. The van der Waals surface area contributed by atoms with Gasteiger partial charge in [-0.05, 0) is 25.1 Å². The summed E-state index contributed by atoms with van der Waals surface area (Å²) in [5, 5.41) is 28.3. The number of hydrogen-bond acceptors (Lipinski definition) is 7. The Morgan fingerprint density at radius 1 is 1.34 bits per heavy atom. The standard InChI is InChI=1S/C21H24N10O/c1-12(32)8-24-21(26-10-22)25-9-13-5-4-6-15(28-13)16-7-14-18-17(27-11-31(18)3)20(23-2)30-19(14)29-16/h4-7,11-12,32H,8-9H2,1-3H3,(H2,23,29,30)(H2,24,25,26). The molecule has 4 rings (SSSR count). The molecule has 11 nitrogen and oxygen atoms in total. The van der Waals surface area contributed by atoms with Crippen molar-refractivity contribution in [3.05, 3.63) is 36.3 Å². The Morgan fingerprint density at radius 2 is 2.19 bits per heavy atom. The summed E-state index contributed by atoms with van der Waals surface area (Å²) in [6.07, 6.45) is 2.95. The van der Waals surface area contributed by atoms with E-state index in [1.54, 1.807) is 19.4 Å². The summed E-state index contributed by atoms with van der Waals surface area (Å²) in [5.74, 6) is 0.995. The molecule has 1 atom stereocenters. The molecule has 0 spiro atoms. The van der Waals surface area contributed by atoms with E-state index in [0.29, 0.717) is 12.4 Å². The lowest BCUT2D eigenvalue weighted by Gasteiger charge is -2.12. The molecule has 0 aliphatic heterocycles. The Balaban J connectivity index is 1.62. The molecule has 5 N–H and O–H groups in total. The van der Waals surface area contributed by atoms with E-state index in [-0.39, 0.29) is 12.5 Å².